The number of benzene rings is 1. The van der Waals surface area contributed by atoms with E-state index in [1.807, 2.05) is 12.1 Å². The summed E-state index contributed by atoms with van der Waals surface area (Å²) in [7, 11) is 0. The minimum atomic E-state index is -0.200. The van der Waals surface area contributed by atoms with Crippen LogP contribution in [0, 0.1) is 0 Å². The zero-order chi connectivity index (χ0) is 22.4. The lowest BCUT2D eigenvalue weighted by molar-refractivity contribution is 0.0978. The van der Waals surface area contributed by atoms with E-state index in [0.717, 1.165) is 29.5 Å². The van der Waals surface area contributed by atoms with E-state index in [0.29, 0.717) is 12.2 Å². The van der Waals surface area contributed by atoms with Gasteiger partial charge in [-0.05, 0) is 68.3 Å². The fourth-order valence-corrected chi connectivity index (χ4v) is 4.42. The van der Waals surface area contributed by atoms with Gasteiger partial charge in [0.15, 0.2) is 5.78 Å². The third kappa shape index (κ3) is 8.77. The van der Waals surface area contributed by atoms with Gasteiger partial charge in [-0.25, -0.2) is 0 Å². The number of hydrogen-bond donors (Lipinski definition) is 1. The average molecular weight is 452 g/mol. The number of nitrogens with zero attached hydrogens (tertiary/aromatic N) is 1. The first-order valence-corrected chi connectivity index (χ1v) is 12.1. The molecule has 0 aliphatic carbocycles. The standard InChI is InChI=1S/C27H45NO2.ClH/c1-26(2,3)22-19-21(20-23(25(22)30)27(4,5)6)24(29)15-11-8-7-9-12-16-28-17-13-10-14-18-28;/h19-20,30H,7-18H2,1-6H3;1H. The highest BCUT2D eigenvalue weighted by Gasteiger charge is 2.27. The Morgan fingerprint density at radius 1 is 0.839 bits per heavy atom. The third-order valence-electron chi connectivity index (χ3n) is 6.37. The highest BCUT2D eigenvalue weighted by Crippen LogP contribution is 2.40. The molecular weight excluding hydrogens is 406 g/mol. The molecule has 178 valence electrons. The molecule has 0 spiro atoms. The third-order valence-corrected chi connectivity index (χ3v) is 6.37. The molecule has 31 heavy (non-hydrogen) atoms. The first kappa shape index (κ1) is 28.0. The smallest absolute Gasteiger partial charge is 0.162 e. The fraction of sp³-hybridized carbons (Fsp3) is 0.741. The van der Waals surface area contributed by atoms with E-state index in [2.05, 4.69) is 46.4 Å². The van der Waals surface area contributed by atoms with Crippen molar-refractivity contribution in [3.8, 4) is 5.75 Å². The van der Waals surface area contributed by atoms with E-state index in [4.69, 9.17) is 0 Å². The molecule has 1 aliphatic rings. The molecule has 0 unspecified atom stereocenters. The van der Waals surface area contributed by atoms with Crippen molar-refractivity contribution < 1.29 is 9.90 Å². The number of hydrogen-bond acceptors (Lipinski definition) is 3. The van der Waals surface area contributed by atoms with Crippen molar-refractivity contribution in [1.29, 1.82) is 0 Å². The van der Waals surface area contributed by atoms with Crippen molar-refractivity contribution in [2.45, 2.75) is 110 Å². The molecule has 0 radical (unpaired) electrons. The number of phenolic OH excluding ortho intramolecular Hbond substituents is 1. The van der Waals surface area contributed by atoms with E-state index in [1.54, 1.807) is 0 Å². The Bertz CT molecular complexity index is 659. The highest BCUT2D eigenvalue weighted by molar-refractivity contribution is 5.96. The molecule has 1 saturated heterocycles. The van der Waals surface area contributed by atoms with Gasteiger partial charge in [0.05, 0.1) is 0 Å². The monoisotopic (exact) mass is 451 g/mol. The largest absolute Gasteiger partial charge is 0.507 e. The van der Waals surface area contributed by atoms with Gasteiger partial charge >= 0.3 is 0 Å². The van der Waals surface area contributed by atoms with Crippen LogP contribution in [-0.4, -0.2) is 35.4 Å². The van der Waals surface area contributed by atoms with Crippen molar-refractivity contribution in [3.63, 3.8) is 0 Å². The van der Waals surface area contributed by atoms with Crippen LogP contribution in [0.3, 0.4) is 0 Å². The summed E-state index contributed by atoms with van der Waals surface area (Å²) in [6.07, 6.45) is 10.6. The summed E-state index contributed by atoms with van der Waals surface area (Å²) >= 11 is 0. The summed E-state index contributed by atoms with van der Waals surface area (Å²) < 4.78 is 0. The van der Waals surface area contributed by atoms with Crippen LogP contribution >= 0.6 is 12.4 Å². The van der Waals surface area contributed by atoms with Crippen LogP contribution in [0.5, 0.6) is 5.75 Å². The Labute approximate surface area is 197 Å². The molecule has 0 amide bonds. The number of carbonyl (C=O) groups is 1. The predicted molar refractivity (Wildman–Crippen MR) is 135 cm³/mol. The number of likely N-dealkylation sites (tertiary alicyclic amines) is 1. The van der Waals surface area contributed by atoms with Gasteiger partial charge in [0.25, 0.3) is 0 Å². The normalized spacial score (nSPS) is 15.5. The van der Waals surface area contributed by atoms with Gasteiger partial charge in [0, 0.05) is 23.1 Å². The van der Waals surface area contributed by atoms with Crippen LogP contribution in [-0.2, 0) is 10.8 Å². The van der Waals surface area contributed by atoms with Gasteiger partial charge in [-0.2, -0.15) is 0 Å². The number of piperidine rings is 1. The summed E-state index contributed by atoms with van der Waals surface area (Å²) in [6.45, 7) is 16.4. The molecule has 0 saturated carbocycles. The van der Waals surface area contributed by atoms with Gasteiger partial charge in [0.1, 0.15) is 5.75 Å². The molecule has 4 heteroatoms. The molecule has 1 aromatic rings. The van der Waals surface area contributed by atoms with E-state index >= 15 is 0 Å². The number of rotatable bonds is 9. The van der Waals surface area contributed by atoms with Crippen LogP contribution in [0.15, 0.2) is 12.1 Å². The Morgan fingerprint density at radius 2 is 1.32 bits per heavy atom. The molecule has 0 aromatic heterocycles. The molecule has 0 atom stereocenters. The summed E-state index contributed by atoms with van der Waals surface area (Å²) in [4.78, 5) is 15.5. The SMILES string of the molecule is CC(C)(C)c1cc(C(=O)CCCCCCCN2CCCCC2)cc(C(C)(C)C)c1O.Cl. The van der Waals surface area contributed by atoms with E-state index in [1.165, 1.54) is 58.2 Å². The molecule has 0 bridgehead atoms. The molecule has 1 heterocycles. The zero-order valence-corrected chi connectivity index (χ0v) is 21.7. The van der Waals surface area contributed by atoms with Crippen molar-refractivity contribution >= 4 is 18.2 Å². The average Bonchev–Trinajstić information content (AvgIpc) is 2.66. The van der Waals surface area contributed by atoms with Crippen molar-refractivity contribution in [1.82, 2.24) is 4.90 Å². The van der Waals surface area contributed by atoms with Crippen molar-refractivity contribution in [2.24, 2.45) is 0 Å². The second kappa shape index (κ2) is 12.3. The molecule has 1 N–H and O–H groups in total. The fourth-order valence-electron chi connectivity index (χ4n) is 4.42. The molecular formula is C27H46ClNO2. The van der Waals surface area contributed by atoms with Crippen molar-refractivity contribution in [3.05, 3.63) is 28.8 Å². The lowest BCUT2D eigenvalue weighted by atomic mass is 9.78. The Morgan fingerprint density at radius 3 is 1.84 bits per heavy atom. The molecule has 2 rings (SSSR count). The Hall–Kier alpha value is -1.06. The van der Waals surface area contributed by atoms with Gasteiger partial charge < -0.3 is 10.0 Å². The number of halogens is 1. The maximum absolute atomic E-state index is 12.9. The lowest BCUT2D eigenvalue weighted by Crippen LogP contribution is -2.30. The number of aromatic hydroxyl groups is 1. The van der Waals surface area contributed by atoms with Gasteiger partial charge in [-0.15, -0.1) is 12.4 Å². The maximum Gasteiger partial charge on any atom is 0.162 e. The van der Waals surface area contributed by atoms with Crippen LogP contribution < -0.4 is 0 Å². The van der Waals surface area contributed by atoms with Crippen LogP contribution in [0.2, 0.25) is 0 Å². The Kier molecular flexibility index (Phi) is 11.1. The van der Waals surface area contributed by atoms with Gasteiger partial charge in [-0.3, -0.25) is 4.79 Å². The number of unbranched alkanes of at least 4 members (excludes halogenated alkanes) is 4. The zero-order valence-electron chi connectivity index (χ0n) is 20.9. The number of Topliss-reactive ketones (excluding diaryl/α,β-unsaturated/α-hetero) is 1. The predicted octanol–water partition coefficient (Wildman–Crippen LogP) is 7.42. The second-order valence-electron chi connectivity index (χ2n) is 11.3. The lowest BCUT2D eigenvalue weighted by Gasteiger charge is -2.28. The summed E-state index contributed by atoms with van der Waals surface area (Å²) in [5.74, 6) is 0.555. The second-order valence-corrected chi connectivity index (χ2v) is 11.3. The summed E-state index contributed by atoms with van der Waals surface area (Å²) in [5, 5.41) is 10.8. The van der Waals surface area contributed by atoms with E-state index in [9.17, 15) is 9.90 Å². The molecule has 1 aliphatic heterocycles. The first-order valence-electron chi connectivity index (χ1n) is 12.1. The number of phenols is 1. The van der Waals surface area contributed by atoms with Gasteiger partial charge in [-0.1, -0.05) is 67.2 Å². The summed E-state index contributed by atoms with van der Waals surface area (Å²) in [6, 6.07) is 3.84. The highest BCUT2D eigenvalue weighted by atomic mass is 35.5. The van der Waals surface area contributed by atoms with Crippen LogP contribution in [0.1, 0.15) is 121 Å². The topological polar surface area (TPSA) is 40.5 Å². The molecule has 1 fully saturated rings. The van der Waals surface area contributed by atoms with Crippen LogP contribution in [0.4, 0.5) is 0 Å². The maximum atomic E-state index is 12.9. The molecule has 3 nitrogen and oxygen atoms in total. The van der Waals surface area contributed by atoms with Crippen molar-refractivity contribution in [2.75, 3.05) is 19.6 Å². The molecule has 1 aromatic carbocycles. The van der Waals surface area contributed by atoms with E-state index in [-0.39, 0.29) is 29.0 Å². The number of ketones is 1. The quantitative estimate of drug-likeness (QED) is 0.313. The minimum Gasteiger partial charge on any atom is -0.507 e. The van der Waals surface area contributed by atoms with Crippen LogP contribution in [0.25, 0.3) is 0 Å². The Balaban J connectivity index is 0.00000480. The van der Waals surface area contributed by atoms with E-state index < -0.39 is 0 Å². The number of carbonyl (C=O) groups excluding carboxylic acids is 1. The minimum absolute atomic E-state index is 0. The summed E-state index contributed by atoms with van der Waals surface area (Å²) in [5.41, 5.74) is 2.10. The first-order chi connectivity index (χ1) is 14.0. The van der Waals surface area contributed by atoms with Gasteiger partial charge in [0.2, 0.25) is 0 Å².